The highest BCUT2D eigenvalue weighted by molar-refractivity contribution is 7.92. The Morgan fingerprint density at radius 3 is 2.33 bits per heavy atom. The maximum absolute atomic E-state index is 12.8. The third-order valence-electron chi connectivity index (χ3n) is 6.49. The average Bonchev–Trinajstić information content (AvgIpc) is 3.49. The van der Waals surface area contributed by atoms with E-state index < -0.39 is 27.5 Å². The molecule has 0 aromatic heterocycles. The first-order valence-electron chi connectivity index (χ1n) is 10.3. The summed E-state index contributed by atoms with van der Waals surface area (Å²) in [7, 11) is -3.08. The lowest BCUT2D eigenvalue weighted by Crippen LogP contribution is -2.43. The Balaban J connectivity index is 1.67. The van der Waals surface area contributed by atoms with Crippen LogP contribution in [0.15, 0.2) is 18.2 Å². The minimum Gasteiger partial charge on any atom is -0.351 e. The van der Waals surface area contributed by atoms with Crippen LogP contribution < -0.4 is 5.32 Å². The summed E-state index contributed by atoms with van der Waals surface area (Å²) in [4.78, 5) is 12.6. The number of halogens is 4. The molecule has 0 radical (unpaired) electrons. The van der Waals surface area contributed by atoms with Gasteiger partial charge in [-0.3, -0.25) is 4.79 Å². The van der Waals surface area contributed by atoms with Crippen molar-refractivity contribution in [2.24, 2.45) is 11.3 Å². The molecule has 168 valence electrons. The number of carbonyl (C=O) groups excluding carboxylic acids is 1. The lowest BCUT2D eigenvalue weighted by molar-refractivity contribution is -0.137. The number of amides is 1. The molecule has 0 unspecified atom stereocenters. The predicted octanol–water partition coefficient (Wildman–Crippen LogP) is 5.25. The normalized spacial score (nSPS) is 25.2. The second-order valence-corrected chi connectivity index (χ2v) is 11.7. The molecule has 1 aromatic rings. The molecule has 2 saturated carbocycles. The molecule has 2 aliphatic rings. The molecule has 0 heterocycles. The van der Waals surface area contributed by atoms with Crippen molar-refractivity contribution in [1.82, 2.24) is 5.32 Å². The molecule has 1 aromatic carbocycles. The Morgan fingerprint density at radius 2 is 1.83 bits per heavy atom. The Labute approximate surface area is 180 Å². The number of hydrogen-bond donors (Lipinski definition) is 1. The first kappa shape index (κ1) is 23.4. The third-order valence-corrected chi connectivity index (χ3v) is 9.09. The molecule has 0 saturated heterocycles. The van der Waals surface area contributed by atoms with Crippen molar-refractivity contribution < 1.29 is 26.4 Å². The molecule has 2 fully saturated rings. The minimum absolute atomic E-state index is 0.00786. The first-order valence-corrected chi connectivity index (χ1v) is 12.4. The number of sulfone groups is 1. The van der Waals surface area contributed by atoms with E-state index in [0.717, 1.165) is 37.5 Å². The number of nitrogens with one attached hydrogen (secondary N) is 1. The van der Waals surface area contributed by atoms with Gasteiger partial charge in [0.15, 0.2) is 9.84 Å². The van der Waals surface area contributed by atoms with E-state index in [1.807, 2.05) is 0 Å². The van der Waals surface area contributed by atoms with Crippen LogP contribution in [0.2, 0.25) is 5.02 Å². The lowest BCUT2D eigenvalue weighted by Gasteiger charge is -2.40. The average molecular weight is 466 g/mol. The molecular weight excluding hydrogens is 439 g/mol. The molecule has 30 heavy (non-hydrogen) atoms. The van der Waals surface area contributed by atoms with Gasteiger partial charge in [-0.25, -0.2) is 8.42 Å². The van der Waals surface area contributed by atoms with Crippen molar-refractivity contribution in [2.75, 3.05) is 12.3 Å². The summed E-state index contributed by atoms with van der Waals surface area (Å²) in [5.41, 5.74) is -1.06. The Hall–Kier alpha value is -1.28. The van der Waals surface area contributed by atoms with Crippen molar-refractivity contribution in [1.29, 1.82) is 0 Å². The summed E-state index contributed by atoms with van der Waals surface area (Å²) in [5.74, 6) is 0.235. The lowest BCUT2D eigenvalue weighted by atomic mass is 9.70. The summed E-state index contributed by atoms with van der Waals surface area (Å²) < 4.78 is 62.9. The van der Waals surface area contributed by atoms with Crippen LogP contribution in [0.5, 0.6) is 0 Å². The van der Waals surface area contributed by atoms with Crippen molar-refractivity contribution in [3.8, 4) is 0 Å². The fourth-order valence-corrected chi connectivity index (χ4v) is 6.12. The van der Waals surface area contributed by atoms with Gasteiger partial charge < -0.3 is 5.32 Å². The summed E-state index contributed by atoms with van der Waals surface area (Å²) in [6.45, 7) is 2.04. The molecule has 0 atom stereocenters. The van der Waals surface area contributed by atoms with Crippen LogP contribution >= 0.6 is 11.6 Å². The van der Waals surface area contributed by atoms with Crippen LogP contribution in [-0.4, -0.2) is 31.9 Å². The number of rotatable bonds is 7. The third kappa shape index (κ3) is 5.49. The maximum Gasteiger partial charge on any atom is 0.416 e. The van der Waals surface area contributed by atoms with Gasteiger partial charge in [-0.1, -0.05) is 31.4 Å². The van der Waals surface area contributed by atoms with E-state index in [9.17, 15) is 26.4 Å². The number of alkyl halides is 3. The summed E-state index contributed by atoms with van der Waals surface area (Å²) in [6.07, 6.45) is 1.31. The summed E-state index contributed by atoms with van der Waals surface area (Å²) >= 11 is 5.94. The van der Waals surface area contributed by atoms with E-state index in [0.29, 0.717) is 38.1 Å². The SMILES string of the molecule is CCS(=O)(=O)C1CCC(CNC(=O)c2ccc(C(F)(F)F)cc2Cl)(CC2CC2)CC1. The number of hydrogen-bond acceptors (Lipinski definition) is 3. The van der Waals surface area contributed by atoms with Gasteiger partial charge in [0.1, 0.15) is 0 Å². The first-order chi connectivity index (χ1) is 14.0. The molecule has 0 bridgehead atoms. The largest absolute Gasteiger partial charge is 0.416 e. The summed E-state index contributed by atoms with van der Waals surface area (Å²) in [6, 6.07) is 2.71. The van der Waals surface area contributed by atoms with Gasteiger partial charge in [0.25, 0.3) is 5.91 Å². The highest BCUT2D eigenvalue weighted by atomic mass is 35.5. The van der Waals surface area contributed by atoms with Crippen LogP contribution in [0.1, 0.15) is 67.8 Å². The molecule has 1 N–H and O–H groups in total. The fourth-order valence-electron chi connectivity index (χ4n) is 4.42. The molecule has 1 amide bonds. The van der Waals surface area contributed by atoms with Gasteiger partial charge in [-0.05, 0) is 61.6 Å². The monoisotopic (exact) mass is 465 g/mol. The molecule has 2 aliphatic carbocycles. The van der Waals surface area contributed by atoms with E-state index in [2.05, 4.69) is 5.32 Å². The second kappa shape index (κ2) is 8.69. The van der Waals surface area contributed by atoms with Gasteiger partial charge in [-0.15, -0.1) is 0 Å². The maximum atomic E-state index is 12.8. The Morgan fingerprint density at radius 1 is 1.20 bits per heavy atom. The second-order valence-electron chi connectivity index (χ2n) is 8.67. The van der Waals surface area contributed by atoms with Crippen molar-refractivity contribution >= 4 is 27.3 Å². The smallest absolute Gasteiger partial charge is 0.351 e. The molecule has 0 aliphatic heterocycles. The van der Waals surface area contributed by atoms with Crippen molar-refractivity contribution in [2.45, 2.75) is 63.3 Å². The van der Waals surface area contributed by atoms with Crippen LogP contribution in [0.25, 0.3) is 0 Å². The highest BCUT2D eigenvalue weighted by Crippen LogP contribution is 2.48. The van der Waals surface area contributed by atoms with E-state index in [1.54, 1.807) is 6.92 Å². The van der Waals surface area contributed by atoms with Gasteiger partial charge >= 0.3 is 6.18 Å². The number of benzene rings is 1. The topological polar surface area (TPSA) is 63.2 Å². The van der Waals surface area contributed by atoms with Gasteiger partial charge in [-0.2, -0.15) is 13.2 Å². The van der Waals surface area contributed by atoms with E-state index in [-0.39, 0.29) is 27.0 Å². The van der Waals surface area contributed by atoms with Crippen LogP contribution in [0.3, 0.4) is 0 Å². The van der Waals surface area contributed by atoms with Gasteiger partial charge in [0.2, 0.25) is 0 Å². The van der Waals surface area contributed by atoms with Gasteiger partial charge in [0, 0.05) is 12.3 Å². The molecule has 0 spiro atoms. The van der Waals surface area contributed by atoms with Crippen LogP contribution in [0.4, 0.5) is 13.2 Å². The van der Waals surface area contributed by atoms with Crippen LogP contribution in [0, 0.1) is 11.3 Å². The summed E-state index contributed by atoms with van der Waals surface area (Å²) in [5, 5.41) is 2.29. The zero-order chi connectivity index (χ0) is 22.2. The molecule has 4 nitrogen and oxygen atoms in total. The predicted molar refractivity (Wildman–Crippen MR) is 110 cm³/mol. The highest BCUT2D eigenvalue weighted by Gasteiger charge is 2.42. The van der Waals surface area contributed by atoms with Crippen molar-refractivity contribution in [3.63, 3.8) is 0 Å². The van der Waals surface area contributed by atoms with E-state index >= 15 is 0 Å². The van der Waals surface area contributed by atoms with Gasteiger partial charge in [0.05, 0.1) is 21.4 Å². The number of carbonyl (C=O) groups is 1. The fraction of sp³-hybridized carbons (Fsp3) is 0.667. The van der Waals surface area contributed by atoms with Crippen molar-refractivity contribution in [3.05, 3.63) is 34.3 Å². The zero-order valence-corrected chi connectivity index (χ0v) is 18.5. The molecular formula is C21H27ClF3NO3S. The quantitative estimate of drug-likeness (QED) is 0.598. The zero-order valence-electron chi connectivity index (χ0n) is 16.9. The minimum atomic E-state index is -4.52. The molecule has 3 rings (SSSR count). The van der Waals surface area contributed by atoms with E-state index in [4.69, 9.17) is 11.6 Å². The Bertz CT molecular complexity index is 889. The standard InChI is InChI=1S/C21H27ClF3NO3S/c1-2-30(28,29)16-7-9-20(10-8-16,12-14-3-4-14)13-26-19(27)17-6-5-15(11-18(17)22)21(23,24)25/h5-6,11,14,16H,2-4,7-10,12-13H2,1H3,(H,26,27). The molecule has 9 heteroatoms. The van der Waals surface area contributed by atoms with Crippen LogP contribution in [-0.2, 0) is 16.0 Å². The Kier molecular flexibility index (Phi) is 6.77. The van der Waals surface area contributed by atoms with E-state index in [1.165, 1.54) is 0 Å².